The van der Waals surface area contributed by atoms with Crippen molar-refractivity contribution in [2.24, 2.45) is 5.92 Å². The number of benzene rings is 2. The minimum Gasteiger partial charge on any atom is -0.508 e. The van der Waals surface area contributed by atoms with E-state index >= 15 is 0 Å². The Kier molecular flexibility index (Phi) is 2.86. The van der Waals surface area contributed by atoms with Gasteiger partial charge in [-0.15, -0.1) is 0 Å². The third kappa shape index (κ3) is 2.03. The summed E-state index contributed by atoms with van der Waals surface area (Å²) in [6.45, 7) is 0. The zero-order valence-electron chi connectivity index (χ0n) is 11.9. The van der Waals surface area contributed by atoms with E-state index in [1.54, 1.807) is 30.3 Å². The Morgan fingerprint density at radius 2 is 1.68 bits per heavy atom. The highest BCUT2D eigenvalue weighted by Crippen LogP contribution is 2.53. The molecular formula is C18H16O4. The van der Waals surface area contributed by atoms with Crippen LogP contribution in [0.2, 0.25) is 0 Å². The molecule has 4 heteroatoms. The maximum atomic E-state index is 12.0. The molecule has 1 aliphatic heterocycles. The van der Waals surface area contributed by atoms with Gasteiger partial charge >= 0.3 is 0 Å². The molecule has 2 aromatic rings. The number of ether oxygens (including phenoxy) is 1. The fraction of sp³-hybridized carbons (Fsp3) is 0.278. The maximum absolute atomic E-state index is 12.0. The summed E-state index contributed by atoms with van der Waals surface area (Å²) in [5.41, 5.74) is 1.88. The van der Waals surface area contributed by atoms with Gasteiger partial charge in [0.1, 0.15) is 29.1 Å². The fourth-order valence-electron chi connectivity index (χ4n) is 3.68. The molecule has 2 aromatic carbocycles. The summed E-state index contributed by atoms with van der Waals surface area (Å²) in [4.78, 5) is 12.0. The summed E-state index contributed by atoms with van der Waals surface area (Å²) in [6, 6.07) is 12.0. The highest BCUT2D eigenvalue weighted by Gasteiger charge is 2.45. The average Bonchev–Trinajstić information content (AvgIpc) is 2.89. The third-order valence-corrected chi connectivity index (χ3v) is 4.69. The average molecular weight is 296 g/mol. The Hall–Kier alpha value is -2.49. The molecule has 0 saturated heterocycles. The second kappa shape index (κ2) is 4.77. The molecule has 0 unspecified atom stereocenters. The van der Waals surface area contributed by atoms with E-state index in [1.165, 1.54) is 0 Å². The molecule has 0 spiro atoms. The van der Waals surface area contributed by atoms with Gasteiger partial charge in [0.15, 0.2) is 0 Å². The van der Waals surface area contributed by atoms with Gasteiger partial charge in [0, 0.05) is 30.2 Å². The fourth-order valence-corrected chi connectivity index (χ4v) is 3.68. The van der Waals surface area contributed by atoms with Gasteiger partial charge in [0.25, 0.3) is 0 Å². The van der Waals surface area contributed by atoms with Crippen molar-refractivity contribution in [1.29, 1.82) is 0 Å². The number of carbonyl (C=O) groups is 1. The lowest BCUT2D eigenvalue weighted by atomic mass is 9.80. The van der Waals surface area contributed by atoms with Crippen molar-refractivity contribution in [2.45, 2.75) is 24.9 Å². The lowest BCUT2D eigenvalue weighted by Crippen LogP contribution is -2.26. The lowest BCUT2D eigenvalue weighted by Gasteiger charge is -2.36. The monoisotopic (exact) mass is 296 g/mol. The van der Waals surface area contributed by atoms with Gasteiger partial charge in [0.05, 0.1) is 0 Å². The van der Waals surface area contributed by atoms with E-state index in [4.69, 9.17) is 4.74 Å². The van der Waals surface area contributed by atoms with Gasteiger partial charge in [-0.2, -0.15) is 0 Å². The number of carbonyl (C=O) groups excluding carboxylic acids is 1. The Morgan fingerprint density at radius 3 is 2.45 bits per heavy atom. The van der Waals surface area contributed by atoms with Crippen molar-refractivity contribution >= 4 is 5.78 Å². The predicted octanol–water partition coefficient (Wildman–Crippen LogP) is 3.29. The predicted molar refractivity (Wildman–Crippen MR) is 80.1 cm³/mol. The highest BCUT2D eigenvalue weighted by atomic mass is 16.5. The second-order valence-corrected chi connectivity index (χ2v) is 6.07. The van der Waals surface area contributed by atoms with Crippen molar-refractivity contribution in [3.63, 3.8) is 0 Å². The molecular weight excluding hydrogens is 280 g/mol. The van der Waals surface area contributed by atoms with Crippen LogP contribution in [0.25, 0.3) is 0 Å². The molecule has 2 aliphatic rings. The van der Waals surface area contributed by atoms with Crippen LogP contribution in [0.15, 0.2) is 42.5 Å². The summed E-state index contributed by atoms with van der Waals surface area (Å²) >= 11 is 0. The number of rotatable bonds is 1. The Bertz CT molecular complexity index is 735. The quantitative estimate of drug-likeness (QED) is 0.847. The number of phenols is 2. The first-order chi connectivity index (χ1) is 10.6. The number of phenolic OH excluding ortho intramolecular Hbond substituents is 2. The first kappa shape index (κ1) is 13.2. The first-order valence-corrected chi connectivity index (χ1v) is 7.42. The van der Waals surface area contributed by atoms with Gasteiger partial charge in [-0.05, 0) is 35.9 Å². The smallest absolute Gasteiger partial charge is 0.133 e. The minimum absolute atomic E-state index is 0.0753. The molecule has 0 radical (unpaired) electrons. The van der Waals surface area contributed by atoms with E-state index in [1.807, 2.05) is 12.1 Å². The van der Waals surface area contributed by atoms with Crippen LogP contribution in [0.5, 0.6) is 17.2 Å². The molecule has 0 amide bonds. The molecule has 4 rings (SSSR count). The van der Waals surface area contributed by atoms with Crippen LogP contribution in [0.4, 0.5) is 0 Å². The molecule has 1 aliphatic carbocycles. The Labute approximate surface area is 128 Å². The van der Waals surface area contributed by atoms with Crippen LogP contribution in [0, 0.1) is 5.92 Å². The van der Waals surface area contributed by atoms with Crippen molar-refractivity contribution < 1.29 is 19.7 Å². The molecule has 0 bridgehead atoms. The number of aromatic hydroxyl groups is 2. The summed E-state index contributed by atoms with van der Waals surface area (Å²) < 4.78 is 6.13. The number of ketones is 1. The first-order valence-electron chi connectivity index (χ1n) is 7.42. The number of fused-ring (bicyclic) bond motifs is 3. The van der Waals surface area contributed by atoms with E-state index in [2.05, 4.69) is 0 Å². The third-order valence-electron chi connectivity index (χ3n) is 4.69. The standard InChI is InChI=1S/C18H16O4/c19-11-3-1-10(2-4-11)18-16-9-13(21)8-14(16)15-7-12(20)5-6-17(15)22-18/h1-7,14,16,18-20H,8-9H2/t14-,16-,18-/m1/s1. The maximum Gasteiger partial charge on any atom is 0.133 e. The minimum atomic E-state index is -0.200. The van der Waals surface area contributed by atoms with Crippen LogP contribution in [-0.4, -0.2) is 16.0 Å². The van der Waals surface area contributed by atoms with Gasteiger partial charge < -0.3 is 14.9 Å². The second-order valence-electron chi connectivity index (χ2n) is 6.07. The molecule has 1 heterocycles. The van der Waals surface area contributed by atoms with E-state index in [-0.39, 0.29) is 35.2 Å². The van der Waals surface area contributed by atoms with Crippen LogP contribution in [0.1, 0.15) is 36.0 Å². The Morgan fingerprint density at radius 1 is 0.955 bits per heavy atom. The van der Waals surface area contributed by atoms with Gasteiger partial charge in [0.2, 0.25) is 0 Å². The summed E-state index contributed by atoms with van der Waals surface area (Å²) in [6.07, 6.45) is 0.791. The zero-order valence-corrected chi connectivity index (χ0v) is 11.9. The summed E-state index contributed by atoms with van der Waals surface area (Å²) in [7, 11) is 0. The molecule has 3 atom stereocenters. The van der Waals surface area contributed by atoms with E-state index in [0.717, 1.165) is 16.9 Å². The topological polar surface area (TPSA) is 66.8 Å². The van der Waals surface area contributed by atoms with Gasteiger partial charge in [-0.25, -0.2) is 0 Å². The van der Waals surface area contributed by atoms with Crippen LogP contribution >= 0.6 is 0 Å². The molecule has 4 nitrogen and oxygen atoms in total. The van der Waals surface area contributed by atoms with E-state index in [9.17, 15) is 15.0 Å². The number of Topliss-reactive ketones (excluding diaryl/α,β-unsaturated/α-hetero) is 1. The van der Waals surface area contributed by atoms with Crippen molar-refractivity contribution in [2.75, 3.05) is 0 Å². The number of hydrogen-bond acceptors (Lipinski definition) is 4. The number of hydrogen-bond donors (Lipinski definition) is 2. The highest BCUT2D eigenvalue weighted by molar-refractivity contribution is 5.83. The zero-order chi connectivity index (χ0) is 15.3. The summed E-state index contributed by atoms with van der Waals surface area (Å²) in [5.74, 6) is 1.53. The van der Waals surface area contributed by atoms with Gasteiger partial charge in [-0.3, -0.25) is 4.79 Å². The molecule has 22 heavy (non-hydrogen) atoms. The summed E-state index contributed by atoms with van der Waals surface area (Å²) in [5, 5.41) is 19.2. The van der Waals surface area contributed by atoms with Gasteiger partial charge in [-0.1, -0.05) is 12.1 Å². The Balaban J connectivity index is 1.79. The van der Waals surface area contributed by atoms with Crippen LogP contribution in [-0.2, 0) is 4.79 Å². The SMILES string of the molecule is O=C1C[C@@H]2[C@H](C1)c1cc(O)ccc1O[C@@H]2c1ccc(O)cc1. The lowest BCUT2D eigenvalue weighted by molar-refractivity contribution is -0.117. The van der Waals surface area contributed by atoms with E-state index in [0.29, 0.717) is 12.8 Å². The molecule has 0 aromatic heterocycles. The van der Waals surface area contributed by atoms with Crippen molar-refractivity contribution in [3.8, 4) is 17.2 Å². The van der Waals surface area contributed by atoms with Crippen molar-refractivity contribution in [3.05, 3.63) is 53.6 Å². The molecule has 2 N–H and O–H groups in total. The van der Waals surface area contributed by atoms with Crippen LogP contribution in [0.3, 0.4) is 0 Å². The molecule has 1 saturated carbocycles. The van der Waals surface area contributed by atoms with Crippen molar-refractivity contribution in [1.82, 2.24) is 0 Å². The van der Waals surface area contributed by atoms with Crippen LogP contribution < -0.4 is 4.74 Å². The van der Waals surface area contributed by atoms with E-state index < -0.39 is 0 Å². The molecule has 112 valence electrons. The normalized spacial score (nSPS) is 26.2. The molecule has 1 fully saturated rings. The largest absolute Gasteiger partial charge is 0.508 e.